The van der Waals surface area contributed by atoms with Gasteiger partial charge in [0.05, 0.1) is 12.7 Å². The maximum absolute atomic E-state index is 5.42. The highest BCUT2D eigenvalue weighted by Crippen LogP contribution is 2.46. The van der Waals surface area contributed by atoms with Gasteiger partial charge in [0.1, 0.15) is 0 Å². The summed E-state index contributed by atoms with van der Waals surface area (Å²) in [5, 5.41) is 0. The van der Waals surface area contributed by atoms with Gasteiger partial charge in [0.2, 0.25) is 0 Å². The van der Waals surface area contributed by atoms with E-state index in [0.717, 1.165) is 6.61 Å². The molecule has 15 heavy (non-hydrogen) atoms. The Labute approximate surface area is 91.5 Å². The zero-order chi connectivity index (χ0) is 10.1. The van der Waals surface area contributed by atoms with E-state index in [1.807, 2.05) is 0 Å². The summed E-state index contributed by atoms with van der Waals surface area (Å²) in [5.74, 6) is 0. The van der Waals surface area contributed by atoms with Crippen molar-refractivity contribution in [3.63, 3.8) is 0 Å². The third kappa shape index (κ3) is 1.81. The van der Waals surface area contributed by atoms with Crippen molar-refractivity contribution in [1.82, 2.24) is 0 Å². The van der Waals surface area contributed by atoms with E-state index in [1.54, 1.807) is 0 Å². The molecule has 0 amide bonds. The van der Waals surface area contributed by atoms with Gasteiger partial charge >= 0.3 is 0 Å². The lowest BCUT2D eigenvalue weighted by atomic mass is 9.75. The molecule has 2 aliphatic rings. The Balaban J connectivity index is 1.88. The summed E-state index contributed by atoms with van der Waals surface area (Å²) in [4.78, 5) is 0. The van der Waals surface area contributed by atoms with Crippen LogP contribution in [0.25, 0.3) is 0 Å². The molecule has 1 aliphatic heterocycles. The van der Waals surface area contributed by atoms with Crippen molar-refractivity contribution < 1.29 is 4.74 Å². The summed E-state index contributed by atoms with van der Waals surface area (Å²) in [6.45, 7) is 0.995. The number of hydrogen-bond donors (Lipinski definition) is 0. The molecule has 1 heterocycles. The molecule has 1 heteroatoms. The van der Waals surface area contributed by atoms with Crippen LogP contribution in [0, 0.1) is 0 Å². The molecule has 1 unspecified atom stereocenters. The fourth-order valence-corrected chi connectivity index (χ4v) is 3.08. The maximum atomic E-state index is 5.42. The summed E-state index contributed by atoms with van der Waals surface area (Å²) in [6, 6.07) is 11.0. The summed E-state index contributed by atoms with van der Waals surface area (Å²) >= 11 is 0. The van der Waals surface area contributed by atoms with E-state index < -0.39 is 0 Å². The summed E-state index contributed by atoms with van der Waals surface area (Å²) < 4.78 is 5.42. The van der Waals surface area contributed by atoms with Crippen LogP contribution in [0.4, 0.5) is 0 Å². The lowest BCUT2D eigenvalue weighted by molar-refractivity contribution is 0.318. The Hall–Kier alpha value is -0.820. The minimum atomic E-state index is 0.447. The second-order valence-corrected chi connectivity index (χ2v) is 5.01. The highest BCUT2D eigenvalue weighted by Gasteiger charge is 2.40. The fraction of sp³-hybridized carbons (Fsp3) is 0.571. The lowest BCUT2D eigenvalue weighted by Crippen LogP contribution is -2.24. The van der Waals surface area contributed by atoms with Crippen LogP contribution >= 0.6 is 0 Å². The maximum Gasteiger partial charge on any atom is 0.0818 e. The Morgan fingerprint density at radius 3 is 2.40 bits per heavy atom. The summed E-state index contributed by atoms with van der Waals surface area (Å²) in [6.07, 6.45) is 7.30. The fourth-order valence-electron chi connectivity index (χ4n) is 3.08. The van der Waals surface area contributed by atoms with E-state index in [9.17, 15) is 0 Å². The number of epoxide rings is 1. The Morgan fingerprint density at radius 2 is 1.80 bits per heavy atom. The molecule has 1 saturated heterocycles. The van der Waals surface area contributed by atoms with Crippen LogP contribution in [0.2, 0.25) is 0 Å². The quantitative estimate of drug-likeness (QED) is 0.685. The molecular weight excluding hydrogens is 184 g/mol. The first-order chi connectivity index (χ1) is 7.39. The van der Waals surface area contributed by atoms with Crippen LogP contribution in [0.3, 0.4) is 0 Å². The van der Waals surface area contributed by atoms with Gasteiger partial charge in [-0.15, -0.1) is 0 Å². The predicted molar refractivity (Wildman–Crippen MR) is 60.9 cm³/mol. The topological polar surface area (TPSA) is 12.5 Å². The zero-order valence-corrected chi connectivity index (χ0v) is 9.11. The molecule has 1 aliphatic carbocycles. The second-order valence-electron chi connectivity index (χ2n) is 5.01. The molecular formula is C14H18O. The Morgan fingerprint density at radius 1 is 1.13 bits per heavy atom. The third-order valence-electron chi connectivity index (χ3n) is 3.97. The summed E-state index contributed by atoms with van der Waals surface area (Å²) in [5.41, 5.74) is 1.99. The third-order valence-corrected chi connectivity index (χ3v) is 3.97. The van der Waals surface area contributed by atoms with Gasteiger partial charge in [0.15, 0.2) is 0 Å². The number of rotatable bonds is 3. The van der Waals surface area contributed by atoms with Crippen LogP contribution in [-0.4, -0.2) is 12.7 Å². The van der Waals surface area contributed by atoms with Crippen LogP contribution in [0.5, 0.6) is 0 Å². The van der Waals surface area contributed by atoms with E-state index >= 15 is 0 Å². The van der Waals surface area contributed by atoms with Crippen molar-refractivity contribution in [3.8, 4) is 0 Å². The van der Waals surface area contributed by atoms with Crippen molar-refractivity contribution in [2.45, 2.75) is 43.6 Å². The first-order valence-electron chi connectivity index (χ1n) is 6.06. The molecule has 1 aromatic rings. The van der Waals surface area contributed by atoms with Gasteiger partial charge < -0.3 is 4.74 Å². The van der Waals surface area contributed by atoms with E-state index in [2.05, 4.69) is 30.3 Å². The normalized spacial score (nSPS) is 27.9. The highest BCUT2D eigenvalue weighted by atomic mass is 16.6. The number of ether oxygens (including phenoxy) is 1. The largest absolute Gasteiger partial charge is 0.373 e. The van der Waals surface area contributed by atoms with Crippen LogP contribution < -0.4 is 0 Å². The SMILES string of the molecule is c1ccc(C2(CC3CO3)CCCC2)cc1. The van der Waals surface area contributed by atoms with Crippen molar-refractivity contribution >= 4 is 0 Å². The molecule has 0 bridgehead atoms. The van der Waals surface area contributed by atoms with Gasteiger partial charge in [-0.2, -0.15) is 0 Å². The molecule has 0 radical (unpaired) electrons. The van der Waals surface area contributed by atoms with Gasteiger partial charge in [-0.05, 0) is 30.2 Å². The van der Waals surface area contributed by atoms with E-state index in [-0.39, 0.29) is 0 Å². The van der Waals surface area contributed by atoms with Crippen molar-refractivity contribution in [2.24, 2.45) is 0 Å². The average molecular weight is 202 g/mol. The molecule has 0 aromatic heterocycles. The molecule has 0 N–H and O–H groups in total. The minimum absolute atomic E-state index is 0.447. The van der Waals surface area contributed by atoms with Gasteiger partial charge in [0.25, 0.3) is 0 Å². The van der Waals surface area contributed by atoms with Gasteiger partial charge in [0, 0.05) is 0 Å². The van der Waals surface area contributed by atoms with Crippen LogP contribution in [0.1, 0.15) is 37.7 Å². The molecule has 0 spiro atoms. The van der Waals surface area contributed by atoms with E-state index in [0.29, 0.717) is 11.5 Å². The Bertz CT molecular complexity index is 320. The molecule has 2 fully saturated rings. The average Bonchev–Trinajstić information content (AvgIpc) is 2.96. The van der Waals surface area contributed by atoms with Gasteiger partial charge in [-0.1, -0.05) is 43.2 Å². The highest BCUT2D eigenvalue weighted by molar-refractivity contribution is 5.27. The smallest absolute Gasteiger partial charge is 0.0818 e. The first kappa shape index (κ1) is 9.41. The Kier molecular flexibility index (Phi) is 2.28. The van der Waals surface area contributed by atoms with Gasteiger partial charge in [-0.25, -0.2) is 0 Å². The standard InChI is InChI=1S/C14H18O/c1-2-6-12(7-3-1)14(8-4-5-9-14)10-13-11-15-13/h1-3,6-7,13H,4-5,8-11H2. The minimum Gasteiger partial charge on any atom is -0.373 e. The van der Waals surface area contributed by atoms with Crippen molar-refractivity contribution in [3.05, 3.63) is 35.9 Å². The molecule has 1 nitrogen and oxygen atoms in total. The van der Waals surface area contributed by atoms with Crippen molar-refractivity contribution in [1.29, 1.82) is 0 Å². The predicted octanol–water partition coefficient (Wildman–Crippen LogP) is 3.29. The molecule has 1 atom stereocenters. The molecule has 80 valence electrons. The lowest BCUT2D eigenvalue weighted by Gasteiger charge is -2.29. The van der Waals surface area contributed by atoms with Gasteiger partial charge in [-0.3, -0.25) is 0 Å². The number of benzene rings is 1. The van der Waals surface area contributed by atoms with E-state index in [4.69, 9.17) is 4.74 Å². The van der Waals surface area contributed by atoms with Crippen LogP contribution in [0.15, 0.2) is 30.3 Å². The van der Waals surface area contributed by atoms with Crippen LogP contribution in [-0.2, 0) is 10.2 Å². The number of hydrogen-bond acceptors (Lipinski definition) is 1. The molecule has 1 aromatic carbocycles. The summed E-state index contributed by atoms with van der Waals surface area (Å²) in [7, 11) is 0. The first-order valence-corrected chi connectivity index (χ1v) is 6.06. The zero-order valence-electron chi connectivity index (χ0n) is 9.11. The molecule has 3 rings (SSSR count). The second kappa shape index (κ2) is 3.64. The van der Waals surface area contributed by atoms with E-state index in [1.165, 1.54) is 37.7 Å². The monoisotopic (exact) mass is 202 g/mol. The molecule has 1 saturated carbocycles. The van der Waals surface area contributed by atoms with Crippen molar-refractivity contribution in [2.75, 3.05) is 6.61 Å².